The number of aromatic nitrogens is 1. The third kappa shape index (κ3) is 4.43. The fraction of sp³-hybridized carbons (Fsp3) is 0.292. The molecule has 0 spiro atoms. The summed E-state index contributed by atoms with van der Waals surface area (Å²) in [5, 5.41) is 0. The third-order valence-electron chi connectivity index (χ3n) is 5.39. The molecule has 0 aliphatic carbocycles. The van der Waals surface area contributed by atoms with Crippen LogP contribution in [0.4, 0.5) is 0 Å². The van der Waals surface area contributed by atoms with Crippen molar-refractivity contribution >= 4 is 11.8 Å². The number of hydrogen-bond donors (Lipinski definition) is 0. The average molecular weight is 403 g/mol. The largest absolute Gasteiger partial charge is 0.440 e. The van der Waals surface area contributed by atoms with Crippen LogP contribution in [0.3, 0.4) is 0 Å². The van der Waals surface area contributed by atoms with Crippen molar-refractivity contribution in [3.05, 3.63) is 66.6 Å². The number of piperazine rings is 1. The Labute approximate surface area is 176 Å². The van der Waals surface area contributed by atoms with Gasteiger partial charge in [0.15, 0.2) is 11.7 Å². The number of carbonyl (C=O) groups excluding carboxylic acids is 2. The van der Waals surface area contributed by atoms with Gasteiger partial charge in [-0.05, 0) is 0 Å². The van der Waals surface area contributed by atoms with Gasteiger partial charge < -0.3 is 14.2 Å². The van der Waals surface area contributed by atoms with Gasteiger partial charge in [0.1, 0.15) is 5.69 Å². The van der Waals surface area contributed by atoms with Crippen LogP contribution in [0.2, 0.25) is 0 Å². The monoisotopic (exact) mass is 403 g/mol. The number of benzene rings is 2. The normalized spacial score (nSPS) is 14.0. The molecule has 4 rings (SSSR count). The Morgan fingerprint density at radius 3 is 2.03 bits per heavy atom. The van der Waals surface area contributed by atoms with E-state index in [1.54, 1.807) is 11.8 Å². The van der Waals surface area contributed by atoms with Crippen molar-refractivity contribution in [3.63, 3.8) is 0 Å². The van der Waals surface area contributed by atoms with E-state index in [0.717, 1.165) is 22.6 Å². The lowest BCUT2D eigenvalue weighted by atomic mass is 10.1. The molecule has 0 bridgehead atoms. The molecule has 6 nitrogen and oxygen atoms in total. The van der Waals surface area contributed by atoms with E-state index in [-0.39, 0.29) is 11.8 Å². The summed E-state index contributed by atoms with van der Waals surface area (Å²) in [5.74, 6) is 1.41. The maximum atomic E-state index is 12.6. The second-order valence-electron chi connectivity index (χ2n) is 7.40. The molecule has 0 unspecified atom stereocenters. The number of hydrogen-bond acceptors (Lipinski definition) is 4. The van der Waals surface area contributed by atoms with E-state index >= 15 is 0 Å². The van der Waals surface area contributed by atoms with Gasteiger partial charge in [0.2, 0.25) is 11.8 Å². The number of aryl methyl sites for hydroxylation is 1. The van der Waals surface area contributed by atoms with Gasteiger partial charge in [0.05, 0.1) is 0 Å². The topological polar surface area (TPSA) is 66.7 Å². The highest BCUT2D eigenvalue weighted by Gasteiger charge is 2.23. The first-order valence-electron chi connectivity index (χ1n) is 10.3. The molecule has 1 aliphatic heterocycles. The highest BCUT2D eigenvalue weighted by atomic mass is 16.4. The summed E-state index contributed by atoms with van der Waals surface area (Å²) in [5.41, 5.74) is 2.74. The highest BCUT2D eigenvalue weighted by molar-refractivity contribution is 5.78. The van der Waals surface area contributed by atoms with Crippen LogP contribution < -0.4 is 0 Å². The van der Waals surface area contributed by atoms with E-state index in [2.05, 4.69) is 0 Å². The molecule has 2 aromatic carbocycles. The molecule has 1 saturated heterocycles. The van der Waals surface area contributed by atoms with Crippen LogP contribution in [0.25, 0.3) is 22.6 Å². The molecule has 1 aliphatic rings. The predicted octanol–water partition coefficient (Wildman–Crippen LogP) is 3.63. The van der Waals surface area contributed by atoms with Gasteiger partial charge in [-0.15, -0.1) is 0 Å². The number of nitrogens with zero attached hydrogens (tertiary/aromatic N) is 3. The van der Waals surface area contributed by atoms with E-state index in [9.17, 15) is 9.59 Å². The Balaban J connectivity index is 1.48. The second-order valence-corrected chi connectivity index (χ2v) is 7.40. The first kappa shape index (κ1) is 19.9. The van der Waals surface area contributed by atoms with Gasteiger partial charge in [0, 0.05) is 57.1 Å². The van der Waals surface area contributed by atoms with Gasteiger partial charge in [-0.1, -0.05) is 60.7 Å². The molecular weight excluding hydrogens is 378 g/mol. The van der Waals surface area contributed by atoms with Crippen molar-refractivity contribution in [2.24, 2.45) is 0 Å². The standard InChI is InChI=1S/C24H25N3O3/c1-18(28)26-14-16-27(17-15-26)22(29)13-12-21-25-23(19-8-4-2-5-9-19)24(30-21)20-10-6-3-7-11-20/h2-11H,12-17H2,1H3. The summed E-state index contributed by atoms with van der Waals surface area (Å²) in [6.45, 7) is 3.91. The molecule has 30 heavy (non-hydrogen) atoms. The molecular formula is C24H25N3O3. The quantitative estimate of drug-likeness (QED) is 0.652. The number of rotatable bonds is 5. The maximum absolute atomic E-state index is 12.6. The van der Waals surface area contributed by atoms with Crippen LogP contribution in [-0.4, -0.2) is 52.8 Å². The van der Waals surface area contributed by atoms with E-state index in [0.29, 0.717) is 44.9 Å². The molecule has 1 aromatic heterocycles. The van der Waals surface area contributed by atoms with Crippen molar-refractivity contribution in [1.82, 2.24) is 14.8 Å². The summed E-state index contributed by atoms with van der Waals surface area (Å²) in [4.78, 5) is 32.4. The van der Waals surface area contributed by atoms with Crippen LogP contribution in [0.15, 0.2) is 65.1 Å². The number of amides is 2. The first-order chi connectivity index (χ1) is 14.6. The summed E-state index contributed by atoms with van der Waals surface area (Å²) in [6, 6.07) is 19.8. The van der Waals surface area contributed by atoms with Crippen LogP contribution >= 0.6 is 0 Å². The maximum Gasteiger partial charge on any atom is 0.223 e. The first-order valence-corrected chi connectivity index (χ1v) is 10.3. The van der Waals surface area contributed by atoms with Crippen LogP contribution in [-0.2, 0) is 16.0 Å². The molecule has 1 fully saturated rings. The van der Waals surface area contributed by atoms with Crippen LogP contribution in [0.1, 0.15) is 19.2 Å². The minimum absolute atomic E-state index is 0.0590. The summed E-state index contributed by atoms with van der Waals surface area (Å²) >= 11 is 0. The van der Waals surface area contributed by atoms with E-state index < -0.39 is 0 Å². The Kier molecular flexibility index (Phi) is 5.93. The summed E-state index contributed by atoms with van der Waals surface area (Å²) in [7, 11) is 0. The molecule has 0 radical (unpaired) electrons. The Morgan fingerprint density at radius 2 is 1.43 bits per heavy atom. The fourth-order valence-corrected chi connectivity index (χ4v) is 3.69. The Bertz CT molecular complexity index is 950. The molecule has 154 valence electrons. The van der Waals surface area contributed by atoms with Crippen LogP contribution in [0.5, 0.6) is 0 Å². The molecule has 0 N–H and O–H groups in total. The van der Waals surface area contributed by atoms with Gasteiger partial charge in [-0.3, -0.25) is 9.59 Å². The molecule has 2 amide bonds. The SMILES string of the molecule is CC(=O)N1CCN(C(=O)CCc2nc(-c3ccccc3)c(-c3ccccc3)o2)CC1. The zero-order valence-corrected chi connectivity index (χ0v) is 17.1. The molecule has 0 saturated carbocycles. The van der Waals surface area contributed by atoms with Gasteiger partial charge in [-0.25, -0.2) is 4.98 Å². The third-order valence-corrected chi connectivity index (χ3v) is 5.39. The van der Waals surface area contributed by atoms with Gasteiger partial charge >= 0.3 is 0 Å². The summed E-state index contributed by atoms with van der Waals surface area (Å²) in [6.07, 6.45) is 0.779. The molecule has 0 atom stereocenters. The number of oxazole rings is 1. The minimum atomic E-state index is 0.0590. The van der Waals surface area contributed by atoms with E-state index in [4.69, 9.17) is 9.40 Å². The predicted molar refractivity (Wildman–Crippen MR) is 115 cm³/mol. The lowest BCUT2D eigenvalue weighted by Gasteiger charge is -2.34. The van der Waals surface area contributed by atoms with Crippen molar-refractivity contribution < 1.29 is 14.0 Å². The lowest BCUT2D eigenvalue weighted by Crippen LogP contribution is -2.50. The highest BCUT2D eigenvalue weighted by Crippen LogP contribution is 2.32. The van der Waals surface area contributed by atoms with Crippen molar-refractivity contribution in [2.45, 2.75) is 19.8 Å². The average Bonchev–Trinajstić information content (AvgIpc) is 3.23. The lowest BCUT2D eigenvalue weighted by molar-refractivity contribution is -0.138. The van der Waals surface area contributed by atoms with Gasteiger partial charge in [-0.2, -0.15) is 0 Å². The van der Waals surface area contributed by atoms with E-state index in [1.165, 1.54) is 0 Å². The van der Waals surface area contributed by atoms with E-state index in [1.807, 2.05) is 65.6 Å². The smallest absolute Gasteiger partial charge is 0.223 e. The Morgan fingerprint density at radius 1 is 0.867 bits per heavy atom. The molecule has 2 heterocycles. The van der Waals surface area contributed by atoms with Crippen molar-refractivity contribution in [1.29, 1.82) is 0 Å². The fourth-order valence-electron chi connectivity index (χ4n) is 3.69. The van der Waals surface area contributed by atoms with Crippen LogP contribution in [0, 0.1) is 0 Å². The molecule has 3 aromatic rings. The summed E-state index contributed by atoms with van der Waals surface area (Å²) < 4.78 is 6.11. The Hall–Kier alpha value is -3.41. The van der Waals surface area contributed by atoms with Crippen molar-refractivity contribution in [3.8, 4) is 22.6 Å². The van der Waals surface area contributed by atoms with Crippen molar-refractivity contribution in [2.75, 3.05) is 26.2 Å². The van der Waals surface area contributed by atoms with Gasteiger partial charge in [0.25, 0.3) is 0 Å². The zero-order chi connectivity index (χ0) is 20.9. The molecule has 6 heteroatoms. The number of carbonyl (C=O) groups is 2. The zero-order valence-electron chi connectivity index (χ0n) is 17.1. The second kappa shape index (κ2) is 8.95. The minimum Gasteiger partial charge on any atom is -0.440 e.